The summed E-state index contributed by atoms with van der Waals surface area (Å²) in [5, 5.41) is 0. The highest BCUT2D eigenvalue weighted by molar-refractivity contribution is 5.08. The van der Waals surface area contributed by atoms with Crippen molar-refractivity contribution >= 4 is 0 Å². The Morgan fingerprint density at radius 1 is 1.17 bits per heavy atom. The molecule has 1 nitrogen and oxygen atoms in total. The van der Waals surface area contributed by atoms with Gasteiger partial charge in [0.2, 0.25) is 0 Å². The van der Waals surface area contributed by atoms with Crippen LogP contribution in [0.3, 0.4) is 0 Å². The molecule has 0 aromatic carbocycles. The van der Waals surface area contributed by atoms with Gasteiger partial charge in [-0.1, -0.05) is 6.92 Å². The summed E-state index contributed by atoms with van der Waals surface area (Å²) in [5.74, 6) is 0.973. The van der Waals surface area contributed by atoms with Crippen molar-refractivity contribution in [1.29, 1.82) is 0 Å². The van der Waals surface area contributed by atoms with Gasteiger partial charge in [0, 0.05) is 0 Å². The number of hydrogen-bond donors (Lipinski definition) is 0. The Bertz CT molecular complexity index is 219. The highest BCUT2D eigenvalue weighted by atomic mass is 16.6. The average Bonchev–Trinajstić information content (AvgIpc) is 2.86. The smallest absolute Gasteiger partial charge is 0.0923 e. The molecule has 0 amide bonds. The quantitative estimate of drug-likeness (QED) is 0.546. The molecule has 1 aliphatic heterocycles. The third-order valence-corrected chi connectivity index (χ3v) is 4.49. The summed E-state index contributed by atoms with van der Waals surface area (Å²) in [7, 11) is 0. The summed E-state index contributed by atoms with van der Waals surface area (Å²) < 4.78 is 5.72. The van der Waals surface area contributed by atoms with E-state index in [9.17, 15) is 0 Å². The van der Waals surface area contributed by atoms with Gasteiger partial charge in [0.15, 0.2) is 0 Å². The van der Waals surface area contributed by atoms with Crippen LogP contribution >= 0.6 is 0 Å². The molecule has 1 saturated heterocycles. The van der Waals surface area contributed by atoms with Gasteiger partial charge in [-0.3, -0.25) is 0 Å². The van der Waals surface area contributed by atoms with Crippen LogP contribution in [0.2, 0.25) is 0 Å². The number of rotatable bonds is 1. The molecule has 3 fully saturated rings. The Hall–Kier alpha value is -0.0400. The van der Waals surface area contributed by atoms with Gasteiger partial charge in [0.05, 0.1) is 11.7 Å². The van der Waals surface area contributed by atoms with Gasteiger partial charge in [-0.05, 0) is 50.4 Å². The van der Waals surface area contributed by atoms with Crippen LogP contribution in [0.4, 0.5) is 0 Å². The molecule has 0 radical (unpaired) electrons. The Morgan fingerprint density at radius 3 is 2.50 bits per heavy atom. The third kappa shape index (κ3) is 0.891. The predicted molar refractivity (Wildman–Crippen MR) is 48.0 cm³/mol. The minimum absolute atomic E-state index is 0.314. The zero-order chi connectivity index (χ0) is 8.40. The molecule has 1 heterocycles. The van der Waals surface area contributed by atoms with Crippen molar-refractivity contribution in [2.45, 2.75) is 57.7 Å². The summed E-state index contributed by atoms with van der Waals surface area (Å²) >= 11 is 0. The maximum Gasteiger partial charge on any atom is 0.0923 e. The zero-order valence-electron chi connectivity index (χ0n) is 8.10. The van der Waals surface area contributed by atoms with E-state index in [1.165, 1.54) is 32.1 Å². The van der Waals surface area contributed by atoms with Crippen molar-refractivity contribution in [3.05, 3.63) is 0 Å². The topological polar surface area (TPSA) is 12.5 Å². The molecule has 0 N–H and O–H groups in total. The molecule has 0 aromatic rings. The van der Waals surface area contributed by atoms with Crippen molar-refractivity contribution in [3.8, 4) is 0 Å². The summed E-state index contributed by atoms with van der Waals surface area (Å²) in [5.41, 5.74) is 1.04. The van der Waals surface area contributed by atoms with Crippen LogP contribution in [-0.4, -0.2) is 11.7 Å². The first kappa shape index (κ1) is 7.37. The van der Waals surface area contributed by atoms with Crippen LogP contribution in [0.15, 0.2) is 0 Å². The van der Waals surface area contributed by atoms with E-state index >= 15 is 0 Å². The van der Waals surface area contributed by atoms with Gasteiger partial charge in [-0.25, -0.2) is 0 Å². The number of hydrogen-bond acceptors (Lipinski definition) is 1. The van der Waals surface area contributed by atoms with E-state index in [1.54, 1.807) is 0 Å². The van der Waals surface area contributed by atoms with E-state index in [0.29, 0.717) is 11.7 Å². The van der Waals surface area contributed by atoms with Crippen molar-refractivity contribution in [1.82, 2.24) is 0 Å². The molecule has 3 unspecified atom stereocenters. The molecule has 68 valence electrons. The second kappa shape index (κ2) is 1.89. The summed E-state index contributed by atoms with van der Waals surface area (Å²) in [6.45, 7) is 4.76. The minimum atomic E-state index is 0.314. The van der Waals surface area contributed by atoms with Gasteiger partial charge in [-0.15, -0.1) is 0 Å². The lowest BCUT2D eigenvalue weighted by atomic mass is 9.74. The lowest BCUT2D eigenvalue weighted by Crippen LogP contribution is -2.27. The largest absolute Gasteiger partial charge is 0.366 e. The second-order valence-corrected chi connectivity index (χ2v) is 5.55. The van der Waals surface area contributed by atoms with E-state index in [-0.39, 0.29) is 0 Å². The summed E-state index contributed by atoms with van der Waals surface area (Å²) in [4.78, 5) is 0. The first-order chi connectivity index (χ1) is 5.62. The number of epoxide rings is 1. The first-order valence-corrected chi connectivity index (χ1v) is 5.30. The van der Waals surface area contributed by atoms with Crippen LogP contribution < -0.4 is 0 Å². The molecule has 3 rings (SSSR count). The third-order valence-electron chi connectivity index (χ3n) is 4.49. The lowest BCUT2D eigenvalue weighted by molar-refractivity contribution is 0.213. The summed E-state index contributed by atoms with van der Waals surface area (Å²) in [6.07, 6.45) is 7.68. The number of ether oxygens (including phenoxy) is 1. The van der Waals surface area contributed by atoms with Crippen LogP contribution in [0.1, 0.15) is 46.0 Å². The average molecular weight is 166 g/mol. The minimum Gasteiger partial charge on any atom is -0.366 e. The first-order valence-electron chi connectivity index (χ1n) is 5.30. The van der Waals surface area contributed by atoms with E-state index in [0.717, 1.165) is 11.3 Å². The fourth-order valence-electron chi connectivity index (χ4n) is 2.98. The molecular formula is C11H18O. The van der Waals surface area contributed by atoms with E-state index in [4.69, 9.17) is 4.74 Å². The summed E-state index contributed by atoms with van der Waals surface area (Å²) in [6, 6.07) is 0. The highest BCUT2D eigenvalue weighted by Crippen LogP contribution is 2.61. The predicted octanol–water partition coefficient (Wildman–Crippen LogP) is 2.74. The molecule has 0 bridgehead atoms. The molecule has 0 aromatic heterocycles. The number of fused-ring (bicyclic) bond motifs is 1. The van der Waals surface area contributed by atoms with E-state index in [1.807, 2.05) is 0 Å². The Labute approximate surface area is 74.5 Å². The van der Waals surface area contributed by atoms with Gasteiger partial charge >= 0.3 is 0 Å². The van der Waals surface area contributed by atoms with Crippen molar-refractivity contribution < 1.29 is 4.74 Å². The van der Waals surface area contributed by atoms with E-state index < -0.39 is 0 Å². The van der Waals surface area contributed by atoms with Crippen LogP contribution in [0.5, 0.6) is 0 Å². The van der Waals surface area contributed by atoms with Gasteiger partial charge in [0.1, 0.15) is 0 Å². The van der Waals surface area contributed by atoms with Crippen LogP contribution in [0.25, 0.3) is 0 Å². The zero-order valence-corrected chi connectivity index (χ0v) is 8.10. The Balaban J connectivity index is 1.74. The molecule has 2 aliphatic carbocycles. The maximum absolute atomic E-state index is 5.72. The second-order valence-electron chi connectivity index (χ2n) is 5.55. The SMILES string of the molecule is CC1(C2CCC3OC3(C)C2)CC1. The molecule has 3 atom stereocenters. The standard InChI is InChI=1S/C11H18O/c1-10(5-6-10)8-3-4-9-11(2,7-8)12-9/h8-9H,3-7H2,1-2H3. The molecule has 12 heavy (non-hydrogen) atoms. The molecule has 0 spiro atoms. The molecule has 3 aliphatic rings. The fraction of sp³-hybridized carbons (Fsp3) is 1.00. The van der Waals surface area contributed by atoms with Crippen molar-refractivity contribution in [3.63, 3.8) is 0 Å². The molecular weight excluding hydrogens is 148 g/mol. The van der Waals surface area contributed by atoms with Gasteiger partial charge in [-0.2, -0.15) is 0 Å². The van der Waals surface area contributed by atoms with Crippen molar-refractivity contribution in [2.75, 3.05) is 0 Å². The Kier molecular flexibility index (Phi) is 1.16. The highest BCUT2D eigenvalue weighted by Gasteiger charge is 2.59. The Morgan fingerprint density at radius 2 is 1.92 bits per heavy atom. The lowest BCUT2D eigenvalue weighted by Gasteiger charge is -2.28. The van der Waals surface area contributed by atoms with Gasteiger partial charge < -0.3 is 4.74 Å². The van der Waals surface area contributed by atoms with E-state index in [2.05, 4.69) is 13.8 Å². The monoisotopic (exact) mass is 166 g/mol. The molecule has 1 heteroatoms. The van der Waals surface area contributed by atoms with Crippen LogP contribution in [-0.2, 0) is 4.74 Å². The fourth-order valence-corrected chi connectivity index (χ4v) is 2.98. The maximum atomic E-state index is 5.72. The normalized spacial score (nSPS) is 54.5. The van der Waals surface area contributed by atoms with Crippen molar-refractivity contribution in [2.24, 2.45) is 11.3 Å². The molecule has 2 saturated carbocycles. The van der Waals surface area contributed by atoms with Gasteiger partial charge in [0.25, 0.3) is 0 Å². The van der Waals surface area contributed by atoms with Crippen LogP contribution in [0, 0.1) is 11.3 Å².